The van der Waals surface area contributed by atoms with Gasteiger partial charge in [-0.25, -0.2) is 18.2 Å². The normalized spacial score (nSPS) is 12.0. The lowest BCUT2D eigenvalue weighted by atomic mass is 9.95. The first kappa shape index (κ1) is 42.5. The maximum absolute atomic E-state index is 12.4. The second-order valence-electron chi connectivity index (χ2n) is 13.4. The van der Waals surface area contributed by atoms with Crippen molar-refractivity contribution in [3.63, 3.8) is 0 Å². The number of hydrogen-bond donors (Lipinski definition) is 7. The Balaban J connectivity index is 0.000000354. The monoisotopic (exact) mass is 739 g/mol. The van der Waals surface area contributed by atoms with Crippen LogP contribution in [0, 0.1) is 0 Å². The summed E-state index contributed by atoms with van der Waals surface area (Å²) in [4.78, 5) is 35.0. The molecule has 18 heteroatoms. The van der Waals surface area contributed by atoms with Gasteiger partial charge in [0, 0.05) is 42.9 Å². The number of aliphatic imine (C=N–C) groups is 1. The van der Waals surface area contributed by atoms with Gasteiger partial charge in [-0.1, -0.05) is 45.0 Å². The Kier molecular flexibility index (Phi) is 15.0. The lowest BCUT2D eigenvalue weighted by molar-refractivity contribution is -0.274. The van der Waals surface area contributed by atoms with Gasteiger partial charge in [-0.15, -0.1) is 13.2 Å². The summed E-state index contributed by atoms with van der Waals surface area (Å²) in [5.41, 5.74) is 17.3. The minimum absolute atomic E-state index is 0.115. The number of carbonyl (C=O) groups is 1. The van der Waals surface area contributed by atoms with E-state index in [1.54, 1.807) is 27.0 Å². The summed E-state index contributed by atoms with van der Waals surface area (Å²) >= 11 is 0. The third-order valence-corrected chi connectivity index (χ3v) is 8.34. The SMILES string of the molecule is CC(C)(C)NC(=O)Nc1ccc(OC(F)(F)F)cc1S(=O)(=O)CCN.CC(C)(C)c1ncc(-c2ccc(CNCCCN=C(N)N)cc2)c(=O)[nH]1. The van der Waals surface area contributed by atoms with E-state index in [0.29, 0.717) is 24.0 Å². The van der Waals surface area contributed by atoms with Gasteiger partial charge in [0.25, 0.3) is 5.56 Å². The van der Waals surface area contributed by atoms with E-state index in [2.05, 4.69) is 35.6 Å². The summed E-state index contributed by atoms with van der Waals surface area (Å²) in [6, 6.07) is 9.82. The number of guanidine groups is 1. The van der Waals surface area contributed by atoms with E-state index < -0.39 is 44.2 Å². The van der Waals surface area contributed by atoms with Crippen LogP contribution in [0.1, 0.15) is 59.4 Å². The Bertz CT molecular complexity index is 1800. The smallest absolute Gasteiger partial charge is 0.406 e. The van der Waals surface area contributed by atoms with Gasteiger partial charge in [0.15, 0.2) is 15.8 Å². The van der Waals surface area contributed by atoms with Crippen molar-refractivity contribution >= 4 is 27.5 Å². The van der Waals surface area contributed by atoms with Gasteiger partial charge in [0.2, 0.25) is 0 Å². The second kappa shape index (κ2) is 18.0. The van der Waals surface area contributed by atoms with Crippen molar-refractivity contribution in [1.82, 2.24) is 20.6 Å². The Morgan fingerprint density at radius 1 is 1.02 bits per heavy atom. The first-order chi connectivity index (χ1) is 23.5. The van der Waals surface area contributed by atoms with Crippen LogP contribution in [0.25, 0.3) is 11.1 Å². The highest BCUT2D eigenvalue weighted by molar-refractivity contribution is 7.91. The maximum atomic E-state index is 12.4. The van der Waals surface area contributed by atoms with Gasteiger partial charge >= 0.3 is 12.4 Å². The zero-order valence-electron chi connectivity index (χ0n) is 29.6. The number of alkyl halides is 3. The Hall–Kier alpha value is -4.68. The summed E-state index contributed by atoms with van der Waals surface area (Å²) in [7, 11) is -4.02. The zero-order valence-corrected chi connectivity index (χ0v) is 30.4. The van der Waals surface area contributed by atoms with Crippen LogP contribution in [0.15, 0.2) is 63.3 Å². The number of rotatable bonds is 12. The first-order valence-electron chi connectivity index (χ1n) is 15.9. The second-order valence-corrected chi connectivity index (χ2v) is 15.5. The van der Waals surface area contributed by atoms with Gasteiger partial charge in [0.05, 0.1) is 21.9 Å². The Labute approximate surface area is 295 Å². The highest BCUT2D eigenvalue weighted by atomic mass is 32.2. The number of urea groups is 1. The number of aromatic amines is 1. The highest BCUT2D eigenvalue weighted by Gasteiger charge is 2.32. The summed E-state index contributed by atoms with van der Waals surface area (Å²) in [5.74, 6) is -0.406. The van der Waals surface area contributed by atoms with Crippen molar-refractivity contribution in [2.75, 3.05) is 30.7 Å². The van der Waals surface area contributed by atoms with E-state index in [-0.39, 0.29) is 29.2 Å². The van der Waals surface area contributed by atoms with Crippen LogP contribution in [0.2, 0.25) is 0 Å². The molecule has 282 valence electrons. The van der Waals surface area contributed by atoms with Crippen molar-refractivity contribution in [3.8, 4) is 16.9 Å². The molecule has 0 aliphatic rings. The first-order valence-corrected chi connectivity index (χ1v) is 17.5. The molecule has 2 aromatic carbocycles. The van der Waals surface area contributed by atoms with Crippen molar-refractivity contribution in [2.45, 2.75) is 76.7 Å². The van der Waals surface area contributed by atoms with Crippen LogP contribution in [0.3, 0.4) is 0 Å². The molecular weight excluding hydrogens is 691 g/mol. The van der Waals surface area contributed by atoms with Crippen LogP contribution in [-0.2, 0) is 21.8 Å². The molecule has 14 nitrogen and oxygen atoms in total. The molecular formula is C33H48F3N9O5S. The van der Waals surface area contributed by atoms with Gasteiger partial charge in [-0.05, 0) is 57.0 Å². The molecule has 3 aromatic rings. The molecule has 0 aliphatic carbocycles. The molecule has 0 saturated carbocycles. The number of sulfone groups is 1. The summed E-state index contributed by atoms with van der Waals surface area (Å²) in [6.45, 7) is 13.1. The molecule has 0 spiro atoms. The molecule has 1 heterocycles. The number of nitrogens with two attached hydrogens (primary N) is 3. The lowest BCUT2D eigenvalue weighted by Gasteiger charge is -2.21. The minimum atomic E-state index is -4.98. The van der Waals surface area contributed by atoms with Crippen molar-refractivity contribution in [2.24, 2.45) is 22.2 Å². The number of halogens is 3. The zero-order chi connectivity index (χ0) is 38.6. The quantitative estimate of drug-likeness (QED) is 0.0808. The highest BCUT2D eigenvalue weighted by Crippen LogP contribution is 2.31. The molecule has 0 radical (unpaired) electrons. The average molecular weight is 740 g/mol. The molecule has 0 aliphatic heterocycles. The van der Waals surface area contributed by atoms with Crippen LogP contribution >= 0.6 is 0 Å². The number of H-pyrrole nitrogens is 1. The van der Waals surface area contributed by atoms with Crippen LogP contribution < -0.4 is 43.4 Å². The molecule has 0 saturated heterocycles. The summed E-state index contributed by atoms with van der Waals surface area (Å²) in [6.07, 6.45) is -2.46. The largest absolute Gasteiger partial charge is 0.573 e. The molecule has 0 fully saturated rings. The van der Waals surface area contributed by atoms with E-state index >= 15 is 0 Å². The molecule has 0 bridgehead atoms. The number of aromatic nitrogens is 2. The Morgan fingerprint density at radius 3 is 2.20 bits per heavy atom. The van der Waals surface area contributed by atoms with E-state index in [1.807, 2.05) is 45.0 Å². The predicted molar refractivity (Wildman–Crippen MR) is 192 cm³/mol. The van der Waals surface area contributed by atoms with Gasteiger partial charge in [-0.3, -0.25) is 9.79 Å². The number of nitrogens with one attached hydrogen (secondary N) is 4. The van der Waals surface area contributed by atoms with Crippen LogP contribution in [-0.4, -0.2) is 67.7 Å². The number of amides is 2. The van der Waals surface area contributed by atoms with E-state index in [9.17, 15) is 31.2 Å². The number of ether oxygens (including phenoxy) is 1. The summed E-state index contributed by atoms with van der Waals surface area (Å²) < 4.78 is 65.3. The number of nitrogens with zero attached hydrogens (tertiary/aromatic N) is 2. The molecule has 10 N–H and O–H groups in total. The number of anilines is 1. The van der Waals surface area contributed by atoms with E-state index in [1.165, 1.54) is 0 Å². The fraction of sp³-hybridized carbons (Fsp3) is 0.455. The standard InChI is InChI=1S/C19H28N6O.C14H20F3N3O4S/c1-19(2,3)17-24-12-15(16(26)25-17)14-7-5-13(6-8-14)11-22-9-4-10-23-18(20)21;1-13(2,3)20-12(21)19-10-5-4-9(24-14(15,16)17)8-11(10)25(22,23)7-6-18/h5-8,12,22H,4,9-11H2,1-3H3,(H4,20,21,23)(H,24,25,26);4-5,8H,6-7,18H2,1-3H3,(H2,19,20,21). The number of carbonyl (C=O) groups excluding carboxylic acids is 1. The maximum Gasteiger partial charge on any atom is 0.573 e. The van der Waals surface area contributed by atoms with Crippen molar-refractivity contribution in [1.29, 1.82) is 0 Å². The molecule has 0 unspecified atom stereocenters. The number of hydrogen-bond acceptors (Lipinski definition) is 9. The van der Waals surface area contributed by atoms with E-state index in [4.69, 9.17) is 17.2 Å². The number of benzene rings is 2. The molecule has 3 rings (SSSR count). The molecule has 0 atom stereocenters. The van der Waals surface area contributed by atoms with Crippen LogP contribution in [0.5, 0.6) is 5.75 Å². The lowest BCUT2D eigenvalue weighted by Crippen LogP contribution is -2.43. The average Bonchev–Trinajstić information content (AvgIpc) is 2.98. The topological polar surface area (TPSA) is 233 Å². The van der Waals surface area contributed by atoms with Gasteiger partial charge in [0.1, 0.15) is 11.6 Å². The third-order valence-electron chi connectivity index (χ3n) is 6.55. The molecule has 51 heavy (non-hydrogen) atoms. The van der Waals surface area contributed by atoms with Gasteiger partial charge < -0.3 is 42.9 Å². The predicted octanol–water partition coefficient (Wildman–Crippen LogP) is 3.73. The third kappa shape index (κ3) is 15.4. The fourth-order valence-electron chi connectivity index (χ4n) is 4.25. The minimum Gasteiger partial charge on any atom is -0.406 e. The Morgan fingerprint density at radius 2 is 1.67 bits per heavy atom. The molecule has 1 aromatic heterocycles. The van der Waals surface area contributed by atoms with Crippen molar-refractivity contribution < 1.29 is 31.1 Å². The summed E-state index contributed by atoms with van der Waals surface area (Å²) in [5, 5.41) is 8.20. The van der Waals surface area contributed by atoms with E-state index in [0.717, 1.165) is 42.8 Å². The van der Waals surface area contributed by atoms with Gasteiger partial charge in [-0.2, -0.15) is 0 Å². The van der Waals surface area contributed by atoms with Crippen LogP contribution in [0.4, 0.5) is 23.7 Å². The molecule has 2 amide bonds. The van der Waals surface area contributed by atoms with Crippen molar-refractivity contribution in [3.05, 3.63) is 70.4 Å². The fourth-order valence-corrected chi connectivity index (χ4v) is 5.53.